The van der Waals surface area contributed by atoms with Gasteiger partial charge in [0.05, 0.1) is 24.0 Å². The zero-order valence-electron chi connectivity index (χ0n) is 18.5. The molecular weight excluding hydrogens is 469 g/mol. The van der Waals surface area contributed by atoms with Crippen LogP contribution < -0.4 is 5.32 Å². The Kier molecular flexibility index (Phi) is 6.68. The maximum absolute atomic E-state index is 13.9. The van der Waals surface area contributed by atoms with Crippen LogP contribution in [0.5, 0.6) is 0 Å². The number of hydrogen-bond donors (Lipinski definition) is 2. The number of carbonyl (C=O) groups excluding carboxylic acids is 1. The van der Waals surface area contributed by atoms with E-state index in [1.165, 1.54) is 22.9 Å². The van der Waals surface area contributed by atoms with Crippen LogP contribution in [0.15, 0.2) is 54.9 Å². The quantitative estimate of drug-likeness (QED) is 0.367. The SMILES string of the molecule is Cc1cn(Cc2c(F)cccc2F)nc1Cc1ccc(CNC(=O)c2cn[nH]c2C(F)(F)F)cc1. The minimum Gasteiger partial charge on any atom is -0.348 e. The van der Waals surface area contributed by atoms with E-state index in [4.69, 9.17) is 0 Å². The first-order chi connectivity index (χ1) is 16.6. The van der Waals surface area contributed by atoms with Gasteiger partial charge in [-0.15, -0.1) is 0 Å². The van der Waals surface area contributed by atoms with Crippen molar-refractivity contribution in [2.45, 2.75) is 32.6 Å². The van der Waals surface area contributed by atoms with E-state index >= 15 is 0 Å². The third-order valence-electron chi connectivity index (χ3n) is 5.44. The van der Waals surface area contributed by atoms with Gasteiger partial charge in [0.2, 0.25) is 0 Å². The molecule has 0 unspecified atom stereocenters. The fourth-order valence-corrected chi connectivity index (χ4v) is 3.58. The molecule has 2 heterocycles. The Bertz CT molecular complexity index is 1320. The number of aromatic amines is 1. The number of benzene rings is 2. The zero-order chi connectivity index (χ0) is 25.2. The van der Waals surface area contributed by atoms with E-state index in [0.29, 0.717) is 12.0 Å². The van der Waals surface area contributed by atoms with Gasteiger partial charge in [-0.05, 0) is 35.7 Å². The largest absolute Gasteiger partial charge is 0.433 e. The Morgan fingerprint density at radius 2 is 1.71 bits per heavy atom. The Morgan fingerprint density at radius 3 is 2.37 bits per heavy atom. The fraction of sp³-hybridized carbons (Fsp3) is 0.208. The minimum absolute atomic E-state index is 0.0312. The number of aromatic nitrogens is 4. The van der Waals surface area contributed by atoms with Gasteiger partial charge in [0.15, 0.2) is 5.69 Å². The summed E-state index contributed by atoms with van der Waals surface area (Å²) in [5, 5.41) is 12.0. The maximum Gasteiger partial charge on any atom is 0.433 e. The highest BCUT2D eigenvalue weighted by molar-refractivity contribution is 5.95. The molecular formula is C24H20F5N5O. The third kappa shape index (κ3) is 5.56. The topological polar surface area (TPSA) is 75.6 Å². The predicted molar refractivity (Wildman–Crippen MR) is 116 cm³/mol. The van der Waals surface area contributed by atoms with Gasteiger partial charge in [0.1, 0.15) is 11.6 Å². The van der Waals surface area contributed by atoms with Crippen molar-refractivity contribution in [2.24, 2.45) is 0 Å². The maximum atomic E-state index is 13.9. The van der Waals surface area contributed by atoms with Gasteiger partial charge in [-0.3, -0.25) is 14.6 Å². The molecule has 0 aliphatic heterocycles. The predicted octanol–water partition coefficient (Wildman–Crippen LogP) is 4.78. The molecule has 0 radical (unpaired) electrons. The second-order valence-electron chi connectivity index (χ2n) is 7.99. The molecule has 0 fully saturated rings. The molecule has 0 aliphatic carbocycles. The number of H-pyrrole nitrogens is 1. The molecule has 2 aromatic heterocycles. The van der Waals surface area contributed by atoms with E-state index in [0.717, 1.165) is 23.0 Å². The van der Waals surface area contributed by atoms with Gasteiger partial charge in [0, 0.05) is 24.7 Å². The number of hydrogen-bond acceptors (Lipinski definition) is 3. The van der Waals surface area contributed by atoms with Crippen LogP contribution in [0.3, 0.4) is 0 Å². The third-order valence-corrected chi connectivity index (χ3v) is 5.44. The Morgan fingerprint density at radius 1 is 1.06 bits per heavy atom. The number of halogens is 5. The average Bonchev–Trinajstić information content (AvgIpc) is 3.43. The van der Waals surface area contributed by atoms with Crippen molar-refractivity contribution >= 4 is 5.91 Å². The number of carbonyl (C=O) groups is 1. The van der Waals surface area contributed by atoms with Crippen LogP contribution in [0.4, 0.5) is 22.0 Å². The Labute approximate surface area is 196 Å². The molecule has 4 aromatic rings. The molecule has 1 amide bonds. The molecule has 0 aliphatic rings. The Balaban J connectivity index is 1.38. The van der Waals surface area contributed by atoms with Crippen LogP contribution in [0.25, 0.3) is 0 Å². The summed E-state index contributed by atoms with van der Waals surface area (Å²) in [6, 6.07) is 10.8. The lowest BCUT2D eigenvalue weighted by Gasteiger charge is -2.08. The average molecular weight is 489 g/mol. The molecule has 0 spiro atoms. The molecule has 11 heteroatoms. The van der Waals surface area contributed by atoms with Gasteiger partial charge >= 0.3 is 6.18 Å². The lowest BCUT2D eigenvalue weighted by atomic mass is 10.1. The number of amides is 1. The zero-order valence-corrected chi connectivity index (χ0v) is 18.5. The highest BCUT2D eigenvalue weighted by atomic mass is 19.4. The number of aryl methyl sites for hydroxylation is 1. The second-order valence-corrected chi connectivity index (χ2v) is 7.99. The van der Waals surface area contributed by atoms with Crippen LogP contribution in [-0.4, -0.2) is 25.9 Å². The number of nitrogens with zero attached hydrogens (tertiary/aromatic N) is 3. The van der Waals surface area contributed by atoms with Crippen molar-refractivity contribution in [3.8, 4) is 0 Å². The summed E-state index contributed by atoms with van der Waals surface area (Å²) in [6.45, 7) is 1.85. The molecule has 182 valence electrons. The molecule has 35 heavy (non-hydrogen) atoms. The van der Waals surface area contributed by atoms with Crippen LogP contribution in [0.1, 0.15) is 44.0 Å². The molecule has 2 aromatic carbocycles. The van der Waals surface area contributed by atoms with E-state index in [1.54, 1.807) is 23.4 Å². The number of alkyl halides is 3. The van der Waals surface area contributed by atoms with Crippen LogP contribution in [0, 0.1) is 18.6 Å². The second kappa shape index (κ2) is 9.69. The van der Waals surface area contributed by atoms with E-state index in [9.17, 15) is 26.7 Å². The molecule has 0 saturated heterocycles. The van der Waals surface area contributed by atoms with E-state index in [2.05, 4.69) is 15.5 Å². The van der Waals surface area contributed by atoms with Crippen molar-refractivity contribution in [2.75, 3.05) is 0 Å². The van der Waals surface area contributed by atoms with Gasteiger partial charge in [-0.25, -0.2) is 8.78 Å². The van der Waals surface area contributed by atoms with Gasteiger partial charge in [-0.1, -0.05) is 30.3 Å². The summed E-state index contributed by atoms with van der Waals surface area (Å²) in [4.78, 5) is 12.1. The Hall–Kier alpha value is -4.02. The van der Waals surface area contributed by atoms with E-state index < -0.39 is 35.0 Å². The van der Waals surface area contributed by atoms with Crippen molar-refractivity contribution in [3.63, 3.8) is 0 Å². The highest BCUT2D eigenvalue weighted by Crippen LogP contribution is 2.30. The van der Waals surface area contributed by atoms with Crippen molar-refractivity contribution in [1.29, 1.82) is 0 Å². The summed E-state index contributed by atoms with van der Waals surface area (Å²) in [5.74, 6) is -2.16. The van der Waals surface area contributed by atoms with Gasteiger partial charge < -0.3 is 5.32 Å². The standard InChI is InChI=1S/C24H20F5N5O/c1-14-12-34(13-18-19(25)3-2-4-20(18)26)33-21(14)9-15-5-7-16(8-6-15)10-30-23(35)17-11-31-32-22(17)24(27,28)29/h2-8,11-12H,9-10,13H2,1H3,(H,30,35)(H,31,32). The van der Waals surface area contributed by atoms with Crippen LogP contribution >= 0.6 is 0 Å². The first-order valence-corrected chi connectivity index (χ1v) is 10.5. The fourth-order valence-electron chi connectivity index (χ4n) is 3.58. The normalized spacial score (nSPS) is 11.6. The lowest BCUT2D eigenvalue weighted by Crippen LogP contribution is -2.25. The summed E-state index contributed by atoms with van der Waals surface area (Å²) in [5.41, 5.74) is 1.36. The molecule has 0 saturated carbocycles. The van der Waals surface area contributed by atoms with Crippen LogP contribution in [-0.2, 0) is 25.7 Å². The van der Waals surface area contributed by atoms with Crippen molar-refractivity contribution < 1.29 is 26.7 Å². The monoisotopic (exact) mass is 489 g/mol. The summed E-state index contributed by atoms with van der Waals surface area (Å²) in [7, 11) is 0. The first-order valence-electron chi connectivity index (χ1n) is 10.5. The highest BCUT2D eigenvalue weighted by Gasteiger charge is 2.37. The number of rotatable bonds is 7. The van der Waals surface area contributed by atoms with Gasteiger partial charge in [0.25, 0.3) is 5.91 Å². The van der Waals surface area contributed by atoms with Crippen LogP contribution in [0.2, 0.25) is 0 Å². The summed E-state index contributed by atoms with van der Waals surface area (Å²) in [6.07, 6.45) is -1.69. The van der Waals surface area contributed by atoms with Crippen molar-refractivity contribution in [3.05, 3.63) is 106 Å². The molecule has 0 atom stereocenters. The summed E-state index contributed by atoms with van der Waals surface area (Å²) >= 11 is 0. The molecule has 6 nitrogen and oxygen atoms in total. The first kappa shape index (κ1) is 24.1. The molecule has 0 bridgehead atoms. The summed E-state index contributed by atoms with van der Waals surface area (Å²) < 4.78 is 68.1. The van der Waals surface area contributed by atoms with E-state index in [1.807, 2.05) is 19.1 Å². The minimum atomic E-state index is -4.71. The number of nitrogens with one attached hydrogen (secondary N) is 2. The molecule has 4 rings (SSSR count). The van der Waals surface area contributed by atoms with E-state index in [-0.39, 0.29) is 18.7 Å². The lowest BCUT2D eigenvalue weighted by molar-refractivity contribution is -0.141. The van der Waals surface area contributed by atoms with Gasteiger partial charge in [-0.2, -0.15) is 23.4 Å². The molecule has 2 N–H and O–H groups in total. The smallest absolute Gasteiger partial charge is 0.348 e. The van der Waals surface area contributed by atoms with Crippen molar-refractivity contribution in [1.82, 2.24) is 25.3 Å².